The van der Waals surface area contributed by atoms with Crippen LogP contribution in [0.4, 0.5) is 27.6 Å². The maximum atomic E-state index is 12.3. The van der Waals surface area contributed by atoms with Gasteiger partial charge in [-0.25, -0.2) is 8.78 Å². The highest BCUT2D eigenvalue weighted by Crippen LogP contribution is 2.38. The average molecular weight is 290 g/mol. The summed E-state index contributed by atoms with van der Waals surface area (Å²) in [4.78, 5) is 0. The van der Waals surface area contributed by atoms with E-state index in [1.807, 2.05) is 0 Å². The first kappa shape index (κ1) is 12.2. The highest BCUT2D eigenvalue weighted by Gasteiger charge is 2.32. The van der Waals surface area contributed by atoms with Gasteiger partial charge in [-0.3, -0.25) is 0 Å². The molecule has 1 aromatic rings. The molecule has 84 valence electrons. The zero-order chi connectivity index (χ0) is 11.8. The summed E-state index contributed by atoms with van der Waals surface area (Å²) < 4.78 is 61.1. The molecule has 0 aliphatic carbocycles. The van der Waals surface area contributed by atoms with Crippen LogP contribution in [0.15, 0.2) is 16.6 Å². The fraction of sp³-hybridized carbons (Fsp3) is 0.250. The van der Waals surface area contributed by atoms with E-state index in [-0.39, 0.29) is 10.2 Å². The number of rotatable bonds is 1. The van der Waals surface area contributed by atoms with Gasteiger partial charge in [-0.2, -0.15) is 13.2 Å². The van der Waals surface area contributed by atoms with Crippen LogP contribution in [0.1, 0.15) is 17.6 Å². The van der Waals surface area contributed by atoms with E-state index in [9.17, 15) is 22.0 Å². The molecule has 0 bridgehead atoms. The summed E-state index contributed by atoms with van der Waals surface area (Å²) in [6, 6.07) is 0.987. The van der Waals surface area contributed by atoms with Crippen molar-refractivity contribution < 1.29 is 22.0 Å². The second-order valence-electron chi connectivity index (χ2n) is 2.77. The van der Waals surface area contributed by atoms with Gasteiger partial charge in [0.1, 0.15) is 0 Å². The number of halogens is 6. The molecule has 0 aromatic heterocycles. The Morgan fingerprint density at radius 1 is 1.20 bits per heavy atom. The van der Waals surface area contributed by atoms with Crippen LogP contribution >= 0.6 is 15.9 Å². The van der Waals surface area contributed by atoms with Gasteiger partial charge in [-0.15, -0.1) is 0 Å². The van der Waals surface area contributed by atoms with Crippen molar-refractivity contribution in [2.24, 2.45) is 0 Å². The van der Waals surface area contributed by atoms with E-state index >= 15 is 0 Å². The van der Waals surface area contributed by atoms with E-state index in [4.69, 9.17) is 5.73 Å². The number of alkyl halides is 5. The molecule has 0 spiro atoms. The van der Waals surface area contributed by atoms with Crippen molar-refractivity contribution in [3.05, 3.63) is 27.7 Å². The summed E-state index contributed by atoms with van der Waals surface area (Å²) in [6.07, 6.45) is -7.69. The second kappa shape index (κ2) is 3.96. The number of nitrogen functional groups attached to an aromatic ring is 1. The van der Waals surface area contributed by atoms with Gasteiger partial charge in [0.25, 0.3) is 6.43 Å². The molecule has 0 saturated heterocycles. The maximum absolute atomic E-state index is 12.3. The molecule has 0 amide bonds. The van der Waals surface area contributed by atoms with Crippen LogP contribution in [0.2, 0.25) is 0 Å². The van der Waals surface area contributed by atoms with Crippen molar-refractivity contribution in [3.63, 3.8) is 0 Å². The van der Waals surface area contributed by atoms with Crippen molar-refractivity contribution in [3.8, 4) is 0 Å². The van der Waals surface area contributed by atoms with E-state index in [0.29, 0.717) is 12.1 Å². The molecule has 0 aliphatic heterocycles. The van der Waals surface area contributed by atoms with Crippen molar-refractivity contribution in [2.45, 2.75) is 12.6 Å². The molecule has 0 unspecified atom stereocenters. The van der Waals surface area contributed by atoms with Crippen molar-refractivity contribution in [2.75, 3.05) is 5.73 Å². The van der Waals surface area contributed by atoms with Crippen molar-refractivity contribution >= 4 is 21.6 Å². The molecule has 0 heterocycles. The molecule has 0 radical (unpaired) electrons. The monoisotopic (exact) mass is 289 g/mol. The molecular formula is C8H5BrF5N. The van der Waals surface area contributed by atoms with E-state index in [1.165, 1.54) is 0 Å². The van der Waals surface area contributed by atoms with Crippen LogP contribution in [0.3, 0.4) is 0 Å². The Labute approximate surface area is 90.2 Å². The molecule has 0 atom stereocenters. The minimum Gasteiger partial charge on any atom is -0.398 e. The summed E-state index contributed by atoms with van der Waals surface area (Å²) >= 11 is 2.71. The number of hydrogen-bond donors (Lipinski definition) is 1. The second-order valence-corrected chi connectivity index (χ2v) is 3.56. The zero-order valence-electron chi connectivity index (χ0n) is 7.08. The molecule has 1 nitrogen and oxygen atoms in total. The molecule has 0 aliphatic rings. The number of nitrogens with two attached hydrogens (primary N) is 1. The molecule has 0 fully saturated rings. The lowest BCUT2D eigenvalue weighted by molar-refractivity contribution is -0.137. The Hall–Kier alpha value is -0.850. The topological polar surface area (TPSA) is 26.0 Å². The van der Waals surface area contributed by atoms with Gasteiger partial charge in [0, 0.05) is 15.7 Å². The highest BCUT2D eigenvalue weighted by atomic mass is 79.9. The standard InChI is InChI=1S/C8H5BrF5N/c9-6-4(7(10)11)1-3(2-5(6)15)8(12,13)14/h1-2,7H,15H2. The van der Waals surface area contributed by atoms with Crippen LogP contribution < -0.4 is 5.73 Å². The third kappa shape index (κ3) is 2.58. The van der Waals surface area contributed by atoms with E-state index in [0.717, 1.165) is 0 Å². The quantitative estimate of drug-likeness (QED) is 0.614. The fourth-order valence-corrected chi connectivity index (χ4v) is 1.39. The predicted octanol–water partition coefficient (Wildman–Crippen LogP) is 3.99. The molecule has 1 rings (SSSR count). The molecular weight excluding hydrogens is 285 g/mol. The van der Waals surface area contributed by atoms with Crippen molar-refractivity contribution in [1.29, 1.82) is 0 Å². The SMILES string of the molecule is Nc1cc(C(F)(F)F)cc(C(F)F)c1Br. The van der Waals surface area contributed by atoms with E-state index in [2.05, 4.69) is 15.9 Å². The lowest BCUT2D eigenvalue weighted by Crippen LogP contribution is -2.07. The number of hydrogen-bond acceptors (Lipinski definition) is 1. The predicted molar refractivity (Wildman–Crippen MR) is 48.5 cm³/mol. The summed E-state index contributed by atoms with van der Waals surface area (Å²) in [7, 11) is 0. The van der Waals surface area contributed by atoms with Crippen LogP contribution in [0, 0.1) is 0 Å². The third-order valence-corrected chi connectivity index (χ3v) is 2.61. The van der Waals surface area contributed by atoms with Gasteiger partial charge in [-0.1, -0.05) is 0 Å². The normalized spacial score (nSPS) is 12.2. The Balaban J connectivity index is 3.36. The smallest absolute Gasteiger partial charge is 0.398 e. The van der Waals surface area contributed by atoms with Crippen LogP contribution in [0.25, 0.3) is 0 Å². The number of benzene rings is 1. The largest absolute Gasteiger partial charge is 0.416 e. The lowest BCUT2D eigenvalue weighted by atomic mass is 10.1. The summed E-state index contributed by atoms with van der Waals surface area (Å²) in [6.45, 7) is 0. The molecule has 2 N–H and O–H groups in total. The maximum Gasteiger partial charge on any atom is 0.416 e. The third-order valence-electron chi connectivity index (χ3n) is 1.69. The first-order valence-electron chi connectivity index (χ1n) is 3.67. The summed E-state index contributed by atoms with van der Waals surface area (Å²) in [5.41, 5.74) is 2.87. The first-order valence-corrected chi connectivity index (χ1v) is 4.47. The van der Waals surface area contributed by atoms with Crippen LogP contribution in [-0.2, 0) is 6.18 Å². The zero-order valence-corrected chi connectivity index (χ0v) is 8.66. The van der Waals surface area contributed by atoms with E-state index in [1.54, 1.807) is 0 Å². The summed E-state index contributed by atoms with van der Waals surface area (Å²) in [5, 5.41) is 0. The Morgan fingerprint density at radius 2 is 1.73 bits per heavy atom. The minimum absolute atomic E-state index is 0.203. The van der Waals surface area contributed by atoms with Gasteiger partial charge in [0.05, 0.1) is 5.56 Å². The average Bonchev–Trinajstić information content (AvgIpc) is 2.06. The van der Waals surface area contributed by atoms with E-state index < -0.39 is 23.7 Å². The van der Waals surface area contributed by atoms with Gasteiger partial charge in [0.15, 0.2) is 0 Å². The van der Waals surface area contributed by atoms with Gasteiger partial charge < -0.3 is 5.73 Å². The molecule has 15 heavy (non-hydrogen) atoms. The molecule has 7 heteroatoms. The molecule has 0 saturated carbocycles. The van der Waals surface area contributed by atoms with Crippen LogP contribution in [0.5, 0.6) is 0 Å². The number of anilines is 1. The van der Waals surface area contributed by atoms with Crippen LogP contribution in [-0.4, -0.2) is 0 Å². The Morgan fingerprint density at radius 3 is 2.13 bits per heavy atom. The van der Waals surface area contributed by atoms with Gasteiger partial charge >= 0.3 is 6.18 Å². The van der Waals surface area contributed by atoms with Gasteiger partial charge in [0.2, 0.25) is 0 Å². The van der Waals surface area contributed by atoms with Gasteiger partial charge in [-0.05, 0) is 28.1 Å². The lowest BCUT2D eigenvalue weighted by Gasteiger charge is -2.12. The minimum atomic E-state index is -4.68. The van der Waals surface area contributed by atoms with Crippen molar-refractivity contribution in [1.82, 2.24) is 0 Å². The molecule has 1 aromatic carbocycles. The summed E-state index contributed by atoms with van der Waals surface area (Å²) in [5.74, 6) is 0. The highest BCUT2D eigenvalue weighted by molar-refractivity contribution is 9.10. The first-order chi connectivity index (χ1) is 6.73. The fourth-order valence-electron chi connectivity index (χ4n) is 0.993. The Bertz CT molecular complexity index is 374. The Kier molecular flexibility index (Phi) is 3.22.